The van der Waals surface area contributed by atoms with Crippen LogP contribution in [0.25, 0.3) is 0 Å². The summed E-state index contributed by atoms with van der Waals surface area (Å²) in [6, 6.07) is 9.08. The van der Waals surface area contributed by atoms with E-state index in [0.29, 0.717) is 31.8 Å². The Bertz CT molecular complexity index is 782. The van der Waals surface area contributed by atoms with E-state index in [1.54, 1.807) is 18.1 Å². The molecule has 1 aliphatic rings. The molecule has 1 amide bonds. The average molecular weight is 380 g/mol. The lowest BCUT2D eigenvalue weighted by atomic mass is 10.1. The van der Waals surface area contributed by atoms with Gasteiger partial charge in [0.05, 0.1) is 18.7 Å². The van der Waals surface area contributed by atoms with Gasteiger partial charge in [0.1, 0.15) is 0 Å². The van der Waals surface area contributed by atoms with Crippen molar-refractivity contribution >= 4 is 5.91 Å². The number of alkyl halides is 3. The molecule has 0 unspecified atom stereocenters. The predicted molar refractivity (Wildman–Crippen MR) is 95.0 cm³/mol. The number of amides is 1. The van der Waals surface area contributed by atoms with Gasteiger partial charge in [-0.1, -0.05) is 12.1 Å². The van der Waals surface area contributed by atoms with Crippen LogP contribution in [0.15, 0.2) is 42.6 Å². The smallest absolute Gasteiger partial charge is 0.383 e. The number of hydrogen-bond donors (Lipinski definition) is 0. The molecule has 0 N–H and O–H groups in total. The van der Waals surface area contributed by atoms with Gasteiger partial charge in [-0.3, -0.25) is 4.79 Å². The maximum absolute atomic E-state index is 12.9. The molecule has 0 radical (unpaired) electrons. The Balaban J connectivity index is 1.74. The van der Waals surface area contributed by atoms with Crippen molar-refractivity contribution in [3.05, 3.63) is 59.4 Å². The van der Waals surface area contributed by atoms with Crippen LogP contribution in [0.2, 0.25) is 0 Å². The number of hydrogen-bond acceptors (Lipinski definition) is 2. The number of carbonyl (C=O) groups is 1. The highest BCUT2D eigenvalue weighted by molar-refractivity contribution is 5.81. The zero-order valence-corrected chi connectivity index (χ0v) is 15.2. The maximum Gasteiger partial charge on any atom is 0.416 e. The summed E-state index contributed by atoms with van der Waals surface area (Å²) in [4.78, 5) is 14.3. The van der Waals surface area contributed by atoms with E-state index in [4.69, 9.17) is 4.74 Å². The van der Waals surface area contributed by atoms with Gasteiger partial charge < -0.3 is 14.2 Å². The number of carbonyl (C=O) groups excluding carboxylic acids is 1. The van der Waals surface area contributed by atoms with Crippen LogP contribution in [0.5, 0.6) is 0 Å². The van der Waals surface area contributed by atoms with Crippen LogP contribution >= 0.6 is 0 Å². The molecule has 1 fully saturated rings. The van der Waals surface area contributed by atoms with E-state index in [0.717, 1.165) is 24.6 Å². The zero-order chi connectivity index (χ0) is 19.4. The molecule has 0 spiro atoms. The molecule has 4 nitrogen and oxygen atoms in total. The van der Waals surface area contributed by atoms with Crippen LogP contribution < -0.4 is 0 Å². The number of aromatic nitrogens is 1. The van der Waals surface area contributed by atoms with Crippen LogP contribution in [0.1, 0.15) is 29.7 Å². The van der Waals surface area contributed by atoms with Gasteiger partial charge >= 0.3 is 6.18 Å². The first-order chi connectivity index (χ1) is 12.9. The van der Waals surface area contributed by atoms with Crippen molar-refractivity contribution in [3.63, 3.8) is 0 Å². The van der Waals surface area contributed by atoms with Crippen molar-refractivity contribution in [2.45, 2.75) is 32.1 Å². The van der Waals surface area contributed by atoms with Crippen LogP contribution in [0, 0.1) is 5.92 Å². The van der Waals surface area contributed by atoms with Gasteiger partial charge in [0.25, 0.3) is 0 Å². The number of halogens is 3. The highest BCUT2D eigenvalue weighted by atomic mass is 19.4. The minimum absolute atomic E-state index is 0.105. The minimum Gasteiger partial charge on any atom is -0.383 e. The third-order valence-electron chi connectivity index (χ3n) is 4.69. The minimum atomic E-state index is -4.36. The Hall–Kier alpha value is -2.28. The number of rotatable bonds is 8. The highest BCUT2D eigenvalue weighted by Gasteiger charge is 2.33. The third kappa shape index (κ3) is 5.13. The molecular weight excluding hydrogens is 357 g/mol. The van der Waals surface area contributed by atoms with E-state index in [1.807, 2.05) is 22.9 Å². The Kier molecular flexibility index (Phi) is 5.89. The molecule has 146 valence electrons. The Morgan fingerprint density at radius 1 is 1.26 bits per heavy atom. The van der Waals surface area contributed by atoms with E-state index in [9.17, 15) is 18.0 Å². The summed E-state index contributed by atoms with van der Waals surface area (Å²) >= 11 is 0. The molecule has 2 aromatic rings. The van der Waals surface area contributed by atoms with Gasteiger partial charge in [-0.2, -0.15) is 13.2 Å². The van der Waals surface area contributed by atoms with Crippen molar-refractivity contribution in [1.82, 2.24) is 9.47 Å². The maximum atomic E-state index is 12.9. The van der Waals surface area contributed by atoms with E-state index >= 15 is 0 Å². The molecule has 1 heterocycles. The fourth-order valence-electron chi connectivity index (χ4n) is 3.04. The first-order valence-corrected chi connectivity index (χ1v) is 8.96. The van der Waals surface area contributed by atoms with Gasteiger partial charge in [0.2, 0.25) is 5.91 Å². The van der Waals surface area contributed by atoms with Gasteiger partial charge in [-0.15, -0.1) is 0 Å². The number of methoxy groups -OCH3 is 1. The molecular formula is C20H23F3N2O2. The molecule has 1 aromatic carbocycles. The van der Waals surface area contributed by atoms with Gasteiger partial charge in [0.15, 0.2) is 0 Å². The summed E-state index contributed by atoms with van der Waals surface area (Å²) in [6.07, 6.45) is -0.685. The first kappa shape index (κ1) is 19.5. The summed E-state index contributed by atoms with van der Waals surface area (Å²) in [6.45, 7) is 1.69. The van der Waals surface area contributed by atoms with Crippen molar-refractivity contribution in [2.75, 3.05) is 20.3 Å². The van der Waals surface area contributed by atoms with Crippen LogP contribution in [0.4, 0.5) is 13.2 Å². The second kappa shape index (κ2) is 8.17. The second-order valence-corrected chi connectivity index (χ2v) is 6.85. The fraction of sp³-hybridized carbons (Fsp3) is 0.450. The molecule has 1 aromatic heterocycles. The van der Waals surface area contributed by atoms with Crippen LogP contribution in [-0.2, 0) is 28.8 Å². The first-order valence-electron chi connectivity index (χ1n) is 8.96. The van der Waals surface area contributed by atoms with Crippen LogP contribution in [-0.4, -0.2) is 35.6 Å². The summed E-state index contributed by atoms with van der Waals surface area (Å²) in [5, 5.41) is 0. The third-order valence-corrected chi connectivity index (χ3v) is 4.69. The standard InChI is InChI=1S/C20H23F3N2O2/c1-27-11-10-25(19(26)16-7-8-16)14-18-6-3-9-24(18)13-15-4-2-5-17(12-15)20(21,22)23/h2-6,9,12,16H,7-8,10-11,13-14H2,1H3. The summed E-state index contributed by atoms with van der Waals surface area (Å²) in [7, 11) is 1.59. The highest BCUT2D eigenvalue weighted by Crippen LogP contribution is 2.32. The second-order valence-electron chi connectivity index (χ2n) is 6.85. The molecule has 0 aliphatic heterocycles. The average Bonchev–Trinajstić information content (AvgIpc) is 3.39. The molecule has 27 heavy (non-hydrogen) atoms. The lowest BCUT2D eigenvalue weighted by molar-refractivity contribution is -0.137. The summed E-state index contributed by atoms with van der Waals surface area (Å²) in [5.41, 5.74) is 0.802. The van der Waals surface area contributed by atoms with Crippen LogP contribution in [0.3, 0.4) is 0 Å². The predicted octanol–water partition coefficient (Wildman–Crippen LogP) is 3.94. The molecule has 0 atom stereocenters. The normalized spacial score (nSPS) is 14.4. The van der Waals surface area contributed by atoms with E-state index < -0.39 is 11.7 Å². The number of nitrogens with zero attached hydrogens (tertiary/aromatic N) is 2. The van der Waals surface area contributed by atoms with E-state index in [2.05, 4.69) is 0 Å². The monoisotopic (exact) mass is 380 g/mol. The number of benzene rings is 1. The van der Waals surface area contributed by atoms with Gasteiger partial charge in [-0.25, -0.2) is 0 Å². The summed E-state index contributed by atoms with van der Waals surface area (Å²) in [5.74, 6) is 0.229. The zero-order valence-electron chi connectivity index (χ0n) is 15.2. The Morgan fingerprint density at radius 3 is 2.70 bits per heavy atom. The molecule has 3 rings (SSSR count). The molecule has 1 saturated carbocycles. The SMILES string of the molecule is COCCN(Cc1cccn1Cc1cccc(C(F)(F)F)c1)C(=O)C1CC1. The number of ether oxygens (including phenoxy) is 1. The quantitative estimate of drug-likeness (QED) is 0.695. The molecule has 0 bridgehead atoms. The lowest BCUT2D eigenvalue weighted by Crippen LogP contribution is -2.35. The van der Waals surface area contributed by atoms with Crippen molar-refractivity contribution in [2.24, 2.45) is 5.92 Å². The molecule has 1 aliphatic carbocycles. The summed E-state index contributed by atoms with van der Waals surface area (Å²) < 4.78 is 45.8. The molecule has 7 heteroatoms. The van der Waals surface area contributed by atoms with Crippen molar-refractivity contribution in [1.29, 1.82) is 0 Å². The van der Waals surface area contributed by atoms with E-state index in [1.165, 1.54) is 12.1 Å². The molecule has 0 saturated heterocycles. The fourth-order valence-corrected chi connectivity index (χ4v) is 3.04. The largest absolute Gasteiger partial charge is 0.416 e. The van der Waals surface area contributed by atoms with Gasteiger partial charge in [0, 0.05) is 38.0 Å². The van der Waals surface area contributed by atoms with Crippen molar-refractivity contribution < 1.29 is 22.7 Å². The van der Waals surface area contributed by atoms with Crippen molar-refractivity contribution in [3.8, 4) is 0 Å². The topological polar surface area (TPSA) is 34.5 Å². The Morgan fingerprint density at radius 2 is 2.04 bits per heavy atom. The lowest BCUT2D eigenvalue weighted by Gasteiger charge is -2.23. The van der Waals surface area contributed by atoms with E-state index in [-0.39, 0.29) is 11.8 Å². The van der Waals surface area contributed by atoms with Gasteiger partial charge in [-0.05, 0) is 42.7 Å². The Labute approximate surface area is 156 Å².